The molecular formula is C18H13FN2O4. The van der Waals surface area contributed by atoms with E-state index in [2.05, 4.69) is 10.5 Å². The molecule has 1 aromatic heterocycles. The van der Waals surface area contributed by atoms with Gasteiger partial charge in [0.1, 0.15) is 5.82 Å². The molecule has 0 saturated carbocycles. The van der Waals surface area contributed by atoms with Crippen molar-refractivity contribution in [3.63, 3.8) is 0 Å². The summed E-state index contributed by atoms with van der Waals surface area (Å²) >= 11 is 0. The molecular weight excluding hydrogens is 327 g/mol. The van der Waals surface area contributed by atoms with Gasteiger partial charge >= 0.3 is 0 Å². The third-order valence-electron chi connectivity index (χ3n) is 3.82. The summed E-state index contributed by atoms with van der Waals surface area (Å²) in [6, 6.07) is 10.9. The SMILES string of the molecule is O=C(NCc1cnoc1-c1ccc(F)cc1)c1ccc2c(c1)OCO2. The Morgan fingerprint density at radius 1 is 1.12 bits per heavy atom. The summed E-state index contributed by atoms with van der Waals surface area (Å²) in [6.07, 6.45) is 1.53. The van der Waals surface area contributed by atoms with Gasteiger partial charge < -0.3 is 19.3 Å². The minimum absolute atomic E-state index is 0.155. The van der Waals surface area contributed by atoms with Gasteiger partial charge in [0.15, 0.2) is 17.3 Å². The molecule has 3 aromatic rings. The third-order valence-corrected chi connectivity index (χ3v) is 3.82. The van der Waals surface area contributed by atoms with Gasteiger partial charge in [-0.15, -0.1) is 0 Å². The second-order valence-corrected chi connectivity index (χ2v) is 5.44. The summed E-state index contributed by atoms with van der Waals surface area (Å²) < 4.78 is 28.8. The average Bonchev–Trinajstić information content (AvgIpc) is 3.28. The lowest BCUT2D eigenvalue weighted by Gasteiger charge is -2.06. The Bertz CT molecular complexity index is 921. The Labute approximate surface area is 142 Å². The zero-order valence-corrected chi connectivity index (χ0v) is 13.0. The van der Waals surface area contributed by atoms with Crippen molar-refractivity contribution in [1.29, 1.82) is 0 Å². The largest absolute Gasteiger partial charge is 0.454 e. The van der Waals surface area contributed by atoms with Gasteiger partial charge in [-0.2, -0.15) is 0 Å². The molecule has 0 bridgehead atoms. The molecule has 1 aliphatic heterocycles. The van der Waals surface area contributed by atoms with Crippen molar-refractivity contribution in [2.24, 2.45) is 0 Å². The smallest absolute Gasteiger partial charge is 0.251 e. The van der Waals surface area contributed by atoms with Crippen molar-refractivity contribution < 1.29 is 23.2 Å². The minimum atomic E-state index is -0.332. The summed E-state index contributed by atoms with van der Waals surface area (Å²) in [5.74, 6) is 1.07. The van der Waals surface area contributed by atoms with Crippen LogP contribution < -0.4 is 14.8 Å². The van der Waals surface area contributed by atoms with Gasteiger partial charge in [-0.25, -0.2) is 4.39 Å². The van der Waals surface area contributed by atoms with Gasteiger partial charge in [0.25, 0.3) is 5.91 Å². The number of aromatic nitrogens is 1. The van der Waals surface area contributed by atoms with Crippen LogP contribution in [0.4, 0.5) is 4.39 Å². The molecule has 126 valence electrons. The van der Waals surface area contributed by atoms with Crippen LogP contribution in [0.15, 0.2) is 53.2 Å². The number of amides is 1. The van der Waals surface area contributed by atoms with E-state index in [1.807, 2.05) is 0 Å². The quantitative estimate of drug-likeness (QED) is 0.790. The number of benzene rings is 2. The summed E-state index contributed by atoms with van der Waals surface area (Å²) in [5, 5.41) is 6.57. The molecule has 0 saturated heterocycles. The van der Waals surface area contributed by atoms with Crippen molar-refractivity contribution in [3.8, 4) is 22.8 Å². The summed E-state index contributed by atoms with van der Waals surface area (Å²) in [6.45, 7) is 0.381. The maximum Gasteiger partial charge on any atom is 0.251 e. The van der Waals surface area contributed by atoms with E-state index in [0.717, 1.165) is 0 Å². The van der Waals surface area contributed by atoms with Crippen LogP contribution in [0.3, 0.4) is 0 Å². The number of ether oxygens (including phenoxy) is 2. The van der Waals surface area contributed by atoms with Crippen LogP contribution in [0.25, 0.3) is 11.3 Å². The fourth-order valence-electron chi connectivity index (χ4n) is 2.54. The van der Waals surface area contributed by atoms with Crippen molar-refractivity contribution in [2.75, 3.05) is 6.79 Å². The van der Waals surface area contributed by atoms with Gasteiger partial charge in [-0.1, -0.05) is 5.16 Å². The number of carbonyl (C=O) groups excluding carboxylic acids is 1. The molecule has 0 fully saturated rings. The van der Waals surface area contributed by atoms with Crippen molar-refractivity contribution in [2.45, 2.75) is 6.54 Å². The van der Waals surface area contributed by atoms with Crippen LogP contribution in [-0.2, 0) is 6.54 Å². The highest BCUT2D eigenvalue weighted by Gasteiger charge is 2.17. The first-order valence-electron chi connectivity index (χ1n) is 7.58. The maximum absolute atomic E-state index is 13.0. The van der Waals surface area contributed by atoms with E-state index in [0.29, 0.717) is 33.9 Å². The highest BCUT2D eigenvalue weighted by atomic mass is 19.1. The predicted molar refractivity (Wildman–Crippen MR) is 85.6 cm³/mol. The first-order chi connectivity index (χ1) is 12.2. The topological polar surface area (TPSA) is 73.6 Å². The molecule has 7 heteroatoms. The summed E-state index contributed by atoms with van der Waals surface area (Å²) in [4.78, 5) is 12.3. The molecule has 1 aliphatic rings. The molecule has 2 aromatic carbocycles. The molecule has 0 radical (unpaired) electrons. The normalized spacial score (nSPS) is 12.2. The number of hydrogen-bond acceptors (Lipinski definition) is 5. The monoisotopic (exact) mass is 340 g/mol. The van der Waals surface area contributed by atoms with E-state index >= 15 is 0 Å². The Balaban J connectivity index is 1.48. The molecule has 4 rings (SSSR count). The second-order valence-electron chi connectivity index (χ2n) is 5.44. The van der Waals surface area contributed by atoms with Crippen LogP contribution in [0.2, 0.25) is 0 Å². The average molecular weight is 340 g/mol. The Morgan fingerprint density at radius 2 is 1.92 bits per heavy atom. The molecule has 1 N–H and O–H groups in total. The minimum Gasteiger partial charge on any atom is -0.454 e. The fraction of sp³-hybridized carbons (Fsp3) is 0.111. The number of hydrogen-bond donors (Lipinski definition) is 1. The summed E-state index contributed by atoms with van der Waals surface area (Å²) in [5.41, 5.74) is 1.84. The van der Waals surface area contributed by atoms with Gasteiger partial charge in [0, 0.05) is 23.2 Å². The third kappa shape index (κ3) is 3.03. The Morgan fingerprint density at radius 3 is 2.76 bits per heavy atom. The van der Waals surface area contributed by atoms with Crippen LogP contribution in [-0.4, -0.2) is 17.9 Å². The van der Waals surface area contributed by atoms with Crippen molar-refractivity contribution in [3.05, 3.63) is 65.6 Å². The number of fused-ring (bicyclic) bond motifs is 1. The summed E-state index contributed by atoms with van der Waals surface area (Å²) in [7, 11) is 0. The Kier molecular flexibility index (Phi) is 3.81. The number of rotatable bonds is 4. The molecule has 1 amide bonds. The van der Waals surface area contributed by atoms with E-state index < -0.39 is 0 Å². The number of carbonyl (C=O) groups is 1. The van der Waals surface area contributed by atoms with E-state index in [4.69, 9.17) is 14.0 Å². The van der Waals surface area contributed by atoms with Gasteiger partial charge in [-0.05, 0) is 42.5 Å². The maximum atomic E-state index is 13.0. The van der Waals surface area contributed by atoms with Crippen LogP contribution in [0.5, 0.6) is 11.5 Å². The lowest BCUT2D eigenvalue weighted by Crippen LogP contribution is -2.22. The zero-order chi connectivity index (χ0) is 17.2. The molecule has 0 atom stereocenters. The first-order valence-corrected chi connectivity index (χ1v) is 7.58. The van der Waals surface area contributed by atoms with E-state index in [-0.39, 0.29) is 25.1 Å². The van der Waals surface area contributed by atoms with Crippen LogP contribution >= 0.6 is 0 Å². The number of nitrogens with zero attached hydrogens (tertiary/aromatic N) is 1. The van der Waals surface area contributed by atoms with Crippen molar-refractivity contribution >= 4 is 5.91 Å². The zero-order valence-electron chi connectivity index (χ0n) is 13.0. The highest BCUT2D eigenvalue weighted by Crippen LogP contribution is 2.32. The van der Waals surface area contributed by atoms with E-state index in [9.17, 15) is 9.18 Å². The van der Waals surface area contributed by atoms with Gasteiger partial charge in [0.05, 0.1) is 6.20 Å². The van der Waals surface area contributed by atoms with Crippen LogP contribution in [0, 0.1) is 5.82 Å². The molecule has 0 unspecified atom stereocenters. The van der Waals surface area contributed by atoms with Gasteiger partial charge in [-0.3, -0.25) is 4.79 Å². The molecule has 25 heavy (non-hydrogen) atoms. The molecule has 2 heterocycles. The number of halogens is 1. The fourth-order valence-corrected chi connectivity index (χ4v) is 2.54. The lowest BCUT2D eigenvalue weighted by molar-refractivity contribution is 0.0950. The molecule has 6 nitrogen and oxygen atoms in total. The van der Waals surface area contributed by atoms with E-state index in [1.54, 1.807) is 30.3 Å². The molecule has 0 spiro atoms. The van der Waals surface area contributed by atoms with Crippen molar-refractivity contribution in [1.82, 2.24) is 10.5 Å². The first kappa shape index (κ1) is 15.2. The van der Waals surface area contributed by atoms with Crippen LogP contribution in [0.1, 0.15) is 15.9 Å². The number of nitrogens with one attached hydrogen (secondary N) is 1. The van der Waals surface area contributed by atoms with Gasteiger partial charge in [0.2, 0.25) is 6.79 Å². The Hall–Kier alpha value is -3.35. The highest BCUT2D eigenvalue weighted by molar-refractivity contribution is 5.95. The lowest BCUT2D eigenvalue weighted by atomic mass is 10.1. The van der Waals surface area contributed by atoms with E-state index in [1.165, 1.54) is 18.3 Å². The second kappa shape index (κ2) is 6.27. The molecule has 0 aliphatic carbocycles. The standard InChI is InChI=1S/C18H13FN2O4/c19-14-4-1-11(2-5-14)17-13(9-21-25-17)8-20-18(22)12-3-6-15-16(7-12)24-10-23-15/h1-7,9H,8,10H2,(H,20,22). The predicted octanol–water partition coefficient (Wildman–Crippen LogP) is 3.14.